The third-order valence-electron chi connectivity index (χ3n) is 4.92. The summed E-state index contributed by atoms with van der Waals surface area (Å²) >= 11 is 6.34. The summed E-state index contributed by atoms with van der Waals surface area (Å²) in [5.74, 6) is 0.239. The maximum atomic E-state index is 12.7. The summed E-state index contributed by atoms with van der Waals surface area (Å²) in [7, 11) is 0. The molecule has 2 aromatic heterocycles. The first-order chi connectivity index (χ1) is 16.0. The van der Waals surface area contributed by atoms with Gasteiger partial charge in [0.15, 0.2) is 11.3 Å². The predicted octanol–water partition coefficient (Wildman–Crippen LogP) is 6.57. The lowest BCUT2D eigenvalue weighted by Crippen LogP contribution is -2.10. The van der Waals surface area contributed by atoms with Crippen LogP contribution in [0.25, 0.3) is 33.9 Å². The molecular weight excluding hydrogens is 446 g/mol. The van der Waals surface area contributed by atoms with Crippen LogP contribution in [-0.2, 0) is 0 Å². The van der Waals surface area contributed by atoms with Crippen molar-refractivity contribution in [3.8, 4) is 22.8 Å². The van der Waals surface area contributed by atoms with Crippen molar-refractivity contribution < 1.29 is 18.6 Å². The Kier molecular flexibility index (Phi) is 5.12. The van der Waals surface area contributed by atoms with Crippen molar-refractivity contribution in [2.45, 2.75) is 0 Å². The molecular formula is C24H14ClN3O5. The van der Waals surface area contributed by atoms with Crippen LogP contribution in [0.5, 0.6) is 0 Å². The average molecular weight is 460 g/mol. The number of rotatable bonds is 5. The molecule has 0 aliphatic heterocycles. The van der Waals surface area contributed by atoms with Crippen LogP contribution in [0.15, 0.2) is 87.7 Å². The highest BCUT2D eigenvalue weighted by molar-refractivity contribution is 6.33. The van der Waals surface area contributed by atoms with Gasteiger partial charge >= 0.3 is 0 Å². The number of oxazole rings is 1. The van der Waals surface area contributed by atoms with Crippen LogP contribution in [-0.4, -0.2) is 15.8 Å². The molecule has 0 aliphatic carbocycles. The number of benzene rings is 3. The number of fused-ring (bicyclic) bond motifs is 1. The van der Waals surface area contributed by atoms with E-state index in [2.05, 4.69) is 10.3 Å². The monoisotopic (exact) mass is 459 g/mol. The lowest BCUT2D eigenvalue weighted by molar-refractivity contribution is -0.384. The smallest absolute Gasteiger partial charge is 0.291 e. The zero-order chi connectivity index (χ0) is 22.9. The maximum Gasteiger partial charge on any atom is 0.291 e. The summed E-state index contributed by atoms with van der Waals surface area (Å²) in [4.78, 5) is 27.7. The lowest BCUT2D eigenvalue weighted by atomic mass is 10.1. The molecule has 0 saturated carbocycles. The SMILES string of the molecule is O=C(Nc1ccc(Cl)c(-c2nc3ccccc3o2)c1)c1ccc(-c2cccc([N+](=O)[O-])c2)o1. The third-order valence-corrected chi connectivity index (χ3v) is 5.25. The van der Waals surface area contributed by atoms with Gasteiger partial charge in [0.2, 0.25) is 5.89 Å². The van der Waals surface area contributed by atoms with E-state index in [1.54, 1.807) is 42.5 Å². The molecule has 1 N–H and O–H groups in total. The highest BCUT2D eigenvalue weighted by atomic mass is 35.5. The fourth-order valence-corrected chi connectivity index (χ4v) is 3.53. The number of hydrogen-bond acceptors (Lipinski definition) is 6. The number of para-hydroxylation sites is 2. The number of nitrogens with zero attached hydrogens (tertiary/aromatic N) is 2. The second kappa shape index (κ2) is 8.25. The summed E-state index contributed by atoms with van der Waals surface area (Å²) in [6.45, 7) is 0. The van der Waals surface area contributed by atoms with E-state index in [1.165, 1.54) is 18.2 Å². The summed E-state index contributed by atoms with van der Waals surface area (Å²) in [5, 5.41) is 14.2. The Hall–Kier alpha value is -4.43. The normalized spacial score (nSPS) is 10.9. The molecule has 9 heteroatoms. The van der Waals surface area contributed by atoms with Gasteiger partial charge < -0.3 is 14.2 Å². The van der Waals surface area contributed by atoms with Crippen LogP contribution in [0, 0.1) is 10.1 Å². The second-order valence-corrected chi connectivity index (χ2v) is 7.51. The van der Waals surface area contributed by atoms with E-state index in [0.717, 1.165) is 0 Å². The van der Waals surface area contributed by atoms with Crippen molar-refractivity contribution in [1.29, 1.82) is 0 Å². The zero-order valence-corrected chi connectivity index (χ0v) is 17.6. The Bertz CT molecular complexity index is 1490. The molecule has 162 valence electrons. The third kappa shape index (κ3) is 4.07. The standard InChI is InChI=1S/C24H14ClN3O5/c25-18-9-8-15(13-17(18)24-27-19-6-1-2-7-21(19)33-24)26-23(29)22-11-10-20(32-22)14-4-3-5-16(12-14)28(30)31/h1-13H,(H,26,29). The number of halogens is 1. The van der Waals surface area contributed by atoms with Crippen LogP contribution in [0.4, 0.5) is 11.4 Å². The molecule has 0 atom stereocenters. The first-order valence-electron chi connectivity index (χ1n) is 9.79. The summed E-state index contributed by atoms with van der Waals surface area (Å²) in [6.07, 6.45) is 0. The summed E-state index contributed by atoms with van der Waals surface area (Å²) in [5.41, 5.74) is 2.75. The molecule has 1 amide bonds. The molecule has 0 unspecified atom stereocenters. The number of non-ortho nitro benzene ring substituents is 1. The van der Waals surface area contributed by atoms with Gasteiger partial charge in [0, 0.05) is 23.4 Å². The fourth-order valence-electron chi connectivity index (χ4n) is 3.33. The van der Waals surface area contributed by atoms with Crippen LogP contribution >= 0.6 is 11.6 Å². The largest absolute Gasteiger partial charge is 0.451 e. The number of nitro groups is 1. The van der Waals surface area contributed by atoms with Gasteiger partial charge in [0.25, 0.3) is 11.6 Å². The van der Waals surface area contributed by atoms with Crippen molar-refractivity contribution in [3.05, 3.63) is 99.8 Å². The van der Waals surface area contributed by atoms with Crippen LogP contribution < -0.4 is 5.32 Å². The van der Waals surface area contributed by atoms with E-state index < -0.39 is 10.8 Å². The van der Waals surface area contributed by atoms with Crippen LogP contribution in [0.3, 0.4) is 0 Å². The zero-order valence-electron chi connectivity index (χ0n) is 16.8. The van der Waals surface area contributed by atoms with Gasteiger partial charge in [-0.15, -0.1) is 0 Å². The van der Waals surface area contributed by atoms with E-state index in [-0.39, 0.29) is 11.4 Å². The van der Waals surface area contributed by atoms with E-state index in [9.17, 15) is 14.9 Å². The van der Waals surface area contributed by atoms with Gasteiger partial charge in [-0.3, -0.25) is 14.9 Å². The Morgan fingerprint density at radius 1 is 0.970 bits per heavy atom. The van der Waals surface area contributed by atoms with Crippen LogP contribution in [0.1, 0.15) is 10.6 Å². The van der Waals surface area contributed by atoms with E-state index in [0.29, 0.717) is 44.6 Å². The molecule has 0 spiro atoms. The fraction of sp³-hybridized carbons (Fsp3) is 0. The van der Waals surface area contributed by atoms with Gasteiger partial charge in [-0.2, -0.15) is 0 Å². The molecule has 5 rings (SSSR count). The number of nitrogens with one attached hydrogen (secondary N) is 1. The minimum absolute atomic E-state index is 0.0508. The quantitative estimate of drug-likeness (QED) is 0.235. The number of amides is 1. The number of furan rings is 1. The Labute approximate surface area is 191 Å². The van der Waals surface area contributed by atoms with Gasteiger partial charge in [0.05, 0.1) is 15.5 Å². The van der Waals surface area contributed by atoms with Crippen molar-refractivity contribution in [2.75, 3.05) is 5.32 Å². The molecule has 2 heterocycles. The highest BCUT2D eigenvalue weighted by Crippen LogP contribution is 2.32. The molecule has 0 aliphatic rings. The van der Waals surface area contributed by atoms with Crippen molar-refractivity contribution in [1.82, 2.24) is 4.98 Å². The van der Waals surface area contributed by atoms with Crippen molar-refractivity contribution in [2.24, 2.45) is 0 Å². The number of hydrogen-bond donors (Lipinski definition) is 1. The molecule has 0 saturated heterocycles. The number of aromatic nitrogens is 1. The number of anilines is 1. The number of nitro benzene ring substituents is 1. The summed E-state index contributed by atoms with van der Waals surface area (Å²) < 4.78 is 11.4. The number of carbonyl (C=O) groups excluding carboxylic acids is 1. The van der Waals surface area contributed by atoms with Crippen molar-refractivity contribution in [3.63, 3.8) is 0 Å². The Balaban J connectivity index is 1.39. The first kappa shape index (κ1) is 20.5. The topological polar surface area (TPSA) is 111 Å². The van der Waals surface area contributed by atoms with E-state index in [1.807, 2.05) is 18.2 Å². The highest BCUT2D eigenvalue weighted by Gasteiger charge is 2.17. The molecule has 8 nitrogen and oxygen atoms in total. The van der Waals surface area contributed by atoms with E-state index in [4.69, 9.17) is 20.4 Å². The number of carbonyl (C=O) groups is 1. The molecule has 0 radical (unpaired) electrons. The average Bonchev–Trinajstić information content (AvgIpc) is 3.48. The first-order valence-corrected chi connectivity index (χ1v) is 10.2. The van der Waals surface area contributed by atoms with Gasteiger partial charge in [-0.1, -0.05) is 35.9 Å². The molecule has 3 aromatic carbocycles. The Morgan fingerprint density at radius 2 is 1.82 bits per heavy atom. The molecule has 33 heavy (non-hydrogen) atoms. The molecule has 5 aromatic rings. The van der Waals surface area contributed by atoms with Gasteiger partial charge in [-0.05, 0) is 42.5 Å². The minimum Gasteiger partial charge on any atom is -0.451 e. The van der Waals surface area contributed by atoms with Crippen LogP contribution in [0.2, 0.25) is 5.02 Å². The predicted molar refractivity (Wildman–Crippen MR) is 123 cm³/mol. The van der Waals surface area contributed by atoms with Gasteiger partial charge in [-0.25, -0.2) is 4.98 Å². The van der Waals surface area contributed by atoms with Gasteiger partial charge in [0.1, 0.15) is 11.3 Å². The van der Waals surface area contributed by atoms with Crippen molar-refractivity contribution >= 4 is 40.0 Å². The minimum atomic E-state index is -0.491. The maximum absolute atomic E-state index is 12.7. The second-order valence-electron chi connectivity index (χ2n) is 7.11. The van der Waals surface area contributed by atoms with E-state index >= 15 is 0 Å². The summed E-state index contributed by atoms with van der Waals surface area (Å²) in [6, 6.07) is 21.4. The molecule has 0 bridgehead atoms. The lowest BCUT2D eigenvalue weighted by Gasteiger charge is -2.06. The molecule has 0 fully saturated rings. The Morgan fingerprint density at radius 3 is 2.64 bits per heavy atom.